The predicted octanol–water partition coefficient (Wildman–Crippen LogP) is 3.95. The number of benzene rings is 1. The minimum Gasteiger partial charge on any atom is -0.373 e. The van der Waals surface area contributed by atoms with Crippen molar-refractivity contribution in [2.24, 2.45) is 0 Å². The number of hydrogen-bond donors (Lipinski definition) is 0. The van der Waals surface area contributed by atoms with Crippen molar-refractivity contribution in [1.82, 2.24) is 4.98 Å². The van der Waals surface area contributed by atoms with Gasteiger partial charge in [0.1, 0.15) is 0 Å². The van der Waals surface area contributed by atoms with Gasteiger partial charge in [-0.1, -0.05) is 48.6 Å². The molecular formula is C16H17NOS. The van der Waals surface area contributed by atoms with E-state index in [1.165, 1.54) is 5.56 Å². The molecule has 2 nitrogen and oxygen atoms in total. The zero-order valence-corrected chi connectivity index (χ0v) is 11.6. The molecule has 0 fully saturated rings. The van der Waals surface area contributed by atoms with Crippen molar-refractivity contribution in [1.29, 1.82) is 0 Å². The van der Waals surface area contributed by atoms with Crippen LogP contribution < -0.4 is 0 Å². The van der Waals surface area contributed by atoms with Gasteiger partial charge >= 0.3 is 0 Å². The summed E-state index contributed by atoms with van der Waals surface area (Å²) in [6.07, 6.45) is 5.98. The monoisotopic (exact) mass is 271 g/mol. The Hall–Kier alpha value is -1.58. The van der Waals surface area contributed by atoms with Crippen molar-refractivity contribution >= 4 is 11.8 Å². The number of ether oxygens (including phenoxy) is 1. The number of thioether (sulfide) groups is 1. The topological polar surface area (TPSA) is 22.1 Å². The molecule has 0 radical (unpaired) electrons. The summed E-state index contributed by atoms with van der Waals surface area (Å²) < 4.78 is 5.56. The van der Waals surface area contributed by atoms with E-state index < -0.39 is 0 Å². The summed E-state index contributed by atoms with van der Waals surface area (Å²) in [6.45, 7) is 1.32. The van der Waals surface area contributed by atoms with E-state index in [1.807, 2.05) is 42.6 Å². The summed E-state index contributed by atoms with van der Waals surface area (Å²) in [6, 6.07) is 16.2. The Kier molecular flexibility index (Phi) is 6.20. The van der Waals surface area contributed by atoms with Crippen LogP contribution in [0.25, 0.3) is 0 Å². The summed E-state index contributed by atoms with van der Waals surface area (Å²) in [4.78, 5) is 4.25. The van der Waals surface area contributed by atoms with Crippen LogP contribution in [-0.2, 0) is 11.3 Å². The van der Waals surface area contributed by atoms with Crippen LogP contribution in [0, 0.1) is 0 Å². The normalized spacial score (nSPS) is 10.9. The van der Waals surface area contributed by atoms with Crippen LogP contribution >= 0.6 is 11.8 Å². The molecule has 0 spiro atoms. The van der Waals surface area contributed by atoms with Crippen LogP contribution in [0.3, 0.4) is 0 Å². The molecule has 0 aliphatic heterocycles. The number of pyridine rings is 1. The maximum absolute atomic E-state index is 5.56. The highest BCUT2D eigenvalue weighted by atomic mass is 32.2. The van der Waals surface area contributed by atoms with Crippen molar-refractivity contribution in [2.75, 3.05) is 12.4 Å². The minimum absolute atomic E-state index is 0.650. The second-order valence-corrected chi connectivity index (χ2v) is 4.99. The largest absolute Gasteiger partial charge is 0.373 e. The number of nitrogens with zero attached hydrogens (tertiary/aromatic N) is 1. The van der Waals surface area contributed by atoms with Crippen LogP contribution in [-0.4, -0.2) is 17.3 Å². The third-order valence-electron chi connectivity index (χ3n) is 2.46. The lowest BCUT2D eigenvalue weighted by Gasteiger charge is -2.00. The summed E-state index contributed by atoms with van der Waals surface area (Å²) in [5, 5.41) is 1.05. The second-order valence-electron chi connectivity index (χ2n) is 3.95. The Balaban J connectivity index is 1.57. The first-order valence-corrected chi connectivity index (χ1v) is 7.24. The van der Waals surface area contributed by atoms with Gasteiger partial charge in [-0.2, -0.15) is 0 Å². The molecule has 3 heteroatoms. The quantitative estimate of drug-likeness (QED) is 0.432. The van der Waals surface area contributed by atoms with Gasteiger partial charge in [-0.05, 0) is 17.7 Å². The summed E-state index contributed by atoms with van der Waals surface area (Å²) in [7, 11) is 0. The molecule has 1 heterocycles. The molecule has 2 rings (SSSR count). The van der Waals surface area contributed by atoms with Crippen molar-refractivity contribution in [3.05, 3.63) is 72.4 Å². The Labute approximate surface area is 118 Å². The Morgan fingerprint density at radius 1 is 1.00 bits per heavy atom. The average molecular weight is 271 g/mol. The molecule has 19 heavy (non-hydrogen) atoms. The Bertz CT molecular complexity index is 485. The van der Waals surface area contributed by atoms with Crippen molar-refractivity contribution in [2.45, 2.75) is 11.6 Å². The molecule has 0 saturated heterocycles. The van der Waals surface area contributed by atoms with E-state index in [1.54, 1.807) is 11.8 Å². The van der Waals surface area contributed by atoms with E-state index in [-0.39, 0.29) is 0 Å². The highest BCUT2D eigenvalue weighted by Gasteiger charge is 1.91. The molecule has 98 valence electrons. The second kappa shape index (κ2) is 8.51. The number of aromatic nitrogens is 1. The third kappa shape index (κ3) is 5.73. The smallest absolute Gasteiger partial charge is 0.0962 e. The summed E-state index contributed by atoms with van der Waals surface area (Å²) in [5.41, 5.74) is 1.21. The Morgan fingerprint density at radius 2 is 1.84 bits per heavy atom. The highest BCUT2D eigenvalue weighted by Crippen LogP contribution is 2.13. The zero-order valence-electron chi connectivity index (χ0n) is 10.7. The molecule has 1 aromatic heterocycles. The summed E-state index contributed by atoms with van der Waals surface area (Å²) >= 11 is 1.72. The zero-order chi connectivity index (χ0) is 13.2. The number of rotatable bonds is 7. The molecule has 0 saturated carbocycles. The molecule has 0 aliphatic carbocycles. The van der Waals surface area contributed by atoms with E-state index >= 15 is 0 Å². The standard InChI is InChI=1S/C16H17NOS/c1-2-8-15(9-3-1)14-18-12-6-7-13-19-16-10-4-5-11-17-16/h1-11H,12-14H2/b7-6-. The van der Waals surface area contributed by atoms with E-state index in [2.05, 4.69) is 29.3 Å². The number of hydrogen-bond acceptors (Lipinski definition) is 3. The van der Waals surface area contributed by atoms with E-state index in [4.69, 9.17) is 4.74 Å². The molecule has 0 atom stereocenters. The fourth-order valence-corrected chi connectivity index (χ4v) is 2.23. The fraction of sp³-hybridized carbons (Fsp3) is 0.188. The van der Waals surface area contributed by atoms with Gasteiger partial charge in [0, 0.05) is 11.9 Å². The van der Waals surface area contributed by atoms with Crippen LogP contribution in [0.2, 0.25) is 0 Å². The molecule has 0 N–H and O–H groups in total. The van der Waals surface area contributed by atoms with Crippen LogP contribution in [0.5, 0.6) is 0 Å². The first-order chi connectivity index (χ1) is 9.45. The van der Waals surface area contributed by atoms with Gasteiger partial charge in [-0.15, -0.1) is 11.8 Å². The molecule has 0 amide bonds. The van der Waals surface area contributed by atoms with Gasteiger partial charge in [-0.3, -0.25) is 0 Å². The van der Waals surface area contributed by atoms with E-state index in [0.717, 1.165) is 10.8 Å². The lowest BCUT2D eigenvalue weighted by atomic mass is 10.2. The van der Waals surface area contributed by atoms with Gasteiger partial charge in [0.05, 0.1) is 18.2 Å². The van der Waals surface area contributed by atoms with Crippen molar-refractivity contribution in [3.63, 3.8) is 0 Å². The maximum atomic E-state index is 5.56. The predicted molar refractivity (Wildman–Crippen MR) is 80.2 cm³/mol. The van der Waals surface area contributed by atoms with Crippen molar-refractivity contribution in [3.8, 4) is 0 Å². The molecule has 1 aromatic carbocycles. The van der Waals surface area contributed by atoms with Gasteiger partial charge < -0.3 is 4.74 Å². The van der Waals surface area contributed by atoms with Gasteiger partial charge in [0.25, 0.3) is 0 Å². The van der Waals surface area contributed by atoms with Crippen LogP contribution in [0.4, 0.5) is 0 Å². The Morgan fingerprint density at radius 3 is 2.63 bits per heavy atom. The van der Waals surface area contributed by atoms with Crippen molar-refractivity contribution < 1.29 is 4.74 Å². The van der Waals surface area contributed by atoms with E-state index in [0.29, 0.717) is 13.2 Å². The fourth-order valence-electron chi connectivity index (χ4n) is 1.52. The lowest BCUT2D eigenvalue weighted by molar-refractivity contribution is 0.148. The lowest BCUT2D eigenvalue weighted by Crippen LogP contribution is -1.92. The molecule has 2 aromatic rings. The summed E-state index contributed by atoms with van der Waals surface area (Å²) in [5.74, 6) is 0.922. The first kappa shape index (κ1) is 13.8. The van der Waals surface area contributed by atoms with E-state index in [9.17, 15) is 0 Å². The molecule has 0 bridgehead atoms. The van der Waals surface area contributed by atoms with Gasteiger partial charge in [0.2, 0.25) is 0 Å². The first-order valence-electron chi connectivity index (χ1n) is 6.25. The molecule has 0 aliphatic rings. The average Bonchev–Trinajstić information content (AvgIpc) is 2.48. The van der Waals surface area contributed by atoms with Crippen LogP contribution in [0.15, 0.2) is 71.9 Å². The minimum atomic E-state index is 0.650. The third-order valence-corrected chi connectivity index (χ3v) is 3.35. The SMILES string of the molecule is C(=C/CSc1ccccn1)/COCc1ccccc1. The van der Waals surface area contributed by atoms with Crippen LogP contribution in [0.1, 0.15) is 5.56 Å². The molecular weight excluding hydrogens is 254 g/mol. The maximum Gasteiger partial charge on any atom is 0.0962 e. The molecule has 0 unspecified atom stereocenters. The van der Waals surface area contributed by atoms with Gasteiger partial charge in [0.15, 0.2) is 0 Å². The highest BCUT2D eigenvalue weighted by molar-refractivity contribution is 7.99. The van der Waals surface area contributed by atoms with Gasteiger partial charge in [-0.25, -0.2) is 4.98 Å².